The van der Waals surface area contributed by atoms with Crippen molar-refractivity contribution in [2.45, 2.75) is 25.3 Å². The summed E-state index contributed by atoms with van der Waals surface area (Å²) in [6.07, 6.45) is 2.75. The summed E-state index contributed by atoms with van der Waals surface area (Å²) in [5.74, 6) is 1.19. The molecule has 1 atom stereocenters. The number of likely N-dealkylation sites (tertiary alicyclic amines) is 1. The van der Waals surface area contributed by atoms with E-state index in [1.165, 1.54) is 24.2 Å². The van der Waals surface area contributed by atoms with Gasteiger partial charge in [-0.3, -0.25) is 4.79 Å². The van der Waals surface area contributed by atoms with Crippen molar-refractivity contribution in [3.8, 4) is 11.5 Å². The van der Waals surface area contributed by atoms with Crippen molar-refractivity contribution in [3.63, 3.8) is 0 Å². The third-order valence-electron chi connectivity index (χ3n) is 5.54. The molecule has 1 aromatic heterocycles. The van der Waals surface area contributed by atoms with Crippen LogP contribution in [0.1, 0.15) is 18.5 Å². The first-order chi connectivity index (χ1) is 16.7. The van der Waals surface area contributed by atoms with Gasteiger partial charge in [0.2, 0.25) is 5.91 Å². The van der Waals surface area contributed by atoms with Crippen molar-refractivity contribution < 1.29 is 14.3 Å². The van der Waals surface area contributed by atoms with Crippen LogP contribution in [0.3, 0.4) is 0 Å². The lowest BCUT2D eigenvalue weighted by atomic mass is 10.1. The topological polar surface area (TPSA) is 95.6 Å². The van der Waals surface area contributed by atoms with E-state index >= 15 is 0 Å². The molecule has 0 radical (unpaired) electrons. The smallest absolute Gasteiger partial charge is 0.319 e. The predicted octanol–water partition coefficient (Wildman–Crippen LogP) is 3.88. The average Bonchev–Trinajstić information content (AvgIpc) is 3.55. The first-order valence-electron chi connectivity index (χ1n) is 11.4. The second kappa shape index (κ2) is 12.2. The van der Waals surface area contributed by atoms with Gasteiger partial charge in [0, 0.05) is 30.6 Å². The Labute approximate surface area is 203 Å². The van der Waals surface area contributed by atoms with E-state index in [0.29, 0.717) is 24.4 Å². The van der Waals surface area contributed by atoms with E-state index in [-0.39, 0.29) is 5.91 Å². The van der Waals surface area contributed by atoms with Gasteiger partial charge >= 0.3 is 6.03 Å². The molecule has 4 rings (SSSR count). The van der Waals surface area contributed by atoms with Gasteiger partial charge in [-0.05, 0) is 62.3 Å². The number of nitrogens with one attached hydrogen (secondary N) is 3. The van der Waals surface area contributed by atoms with Crippen molar-refractivity contribution >= 4 is 29.0 Å². The molecule has 34 heavy (non-hydrogen) atoms. The number of hydrogen-bond acceptors (Lipinski definition) is 6. The van der Waals surface area contributed by atoms with Gasteiger partial charge < -0.3 is 25.6 Å². The number of rotatable bonds is 10. The number of ether oxygens (including phenoxy) is 1. The Bertz CT molecular complexity index is 1040. The quantitative estimate of drug-likeness (QED) is 0.410. The molecule has 0 unspecified atom stereocenters. The third kappa shape index (κ3) is 7.29. The van der Waals surface area contributed by atoms with Crippen LogP contribution in [0.2, 0.25) is 0 Å². The summed E-state index contributed by atoms with van der Waals surface area (Å²) in [6, 6.07) is 15.4. The number of aromatic nitrogens is 1. The molecule has 1 aliphatic heterocycles. The van der Waals surface area contributed by atoms with Crippen LogP contribution in [0.4, 0.5) is 10.5 Å². The Morgan fingerprint density at radius 3 is 2.47 bits per heavy atom. The molecule has 1 aliphatic rings. The van der Waals surface area contributed by atoms with Gasteiger partial charge in [-0.25, -0.2) is 9.78 Å². The van der Waals surface area contributed by atoms with E-state index < -0.39 is 12.1 Å². The summed E-state index contributed by atoms with van der Waals surface area (Å²) in [5.41, 5.74) is 3.09. The van der Waals surface area contributed by atoms with Crippen molar-refractivity contribution in [1.29, 1.82) is 0 Å². The molecule has 0 aliphatic carbocycles. The molecule has 0 saturated carbocycles. The van der Waals surface area contributed by atoms with Crippen LogP contribution in [-0.2, 0) is 11.2 Å². The SMILES string of the molecule is O=C(Nc1ccc(Oc2ccccc2)cc1)N[C@@H](Cc1cscn1)C(=O)NCCN1CCCC1. The Morgan fingerprint density at radius 1 is 1.03 bits per heavy atom. The van der Waals surface area contributed by atoms with E-state index in [9.17, 15) is 9.59 Å². The maximum absolute atomic E-state index is 12.8. The van der Waals surface area contributed by atoms with Gasteiger partial charge in [0.25, 0.3) is 0 Å². The minimum atomic E-state index is -0.721. The first kappa shape index (κ1) is 23.7. The minimum Gasteiger partial charge on any atom is -0.457 e. The molecule has 1 fully saturated rings. The van der Waals surface area contributed by atoms with Gasteiger partial charge in [-0.2, -0.15) is 0 Å². The molecule has 0 spiro atoms. The summed E-state index contributed by atoms with van der Waals surface area (Å²) in [6.45, 7) is 3.53. The molecule has 1 saturated heterocycles. The number of benzene rings is 2. The molecule has 0 bridgehead atoms. The fourth-order valence-corrected chi connectivity index (χ4v) is 4.35. The molecule has 2 heterocycles. The molecule has 9 heteroatoms. The minimum absolute atomic E-state index is 0.214. The van der Waals surface area contributed by atoms with Crippen LogP contribution in [-0.4, -0.2) is 54.0 Å². The lowest BCUT2D eigenvalue weighted by molar-refractivity contribution is -0.122. The van der Waals surface area contributed by atoms with Crippen molar-refractivity contribution in [2.24, 2.45) is 0 Å². The van der Waals surface area contributed by atoms with Crippen LogP contribution in [0.5, 0.6) is 11.5 Å². The Balaban J connectivity index is 1.30. The Hall–Kier alpha value is -3.43. The number of carbonyl (C=O) groups excluding carboxylic acids is 2. The van der Waals surface area contributed by atoms with Gasteiger partial charge in [0.1, 0.15) is 17.5 Å². The number of carbonyl (C=O) groups is 2. The molecule has 178 valence electrons. The number of anilines is 1. The van der Waals surface area contributed by atoms with E-state index in [1.54, 1.807) is 29.8 Å². The summed E-state index contributed by atoms with van der Waals surface area (Å²) in [5, 5.41) is 10.4. The van der Waals surface area contributed by atoms with E-state index in [0.717, 1.165) is 31.1 Å². The number of nitrogens with zero attached hydrogens (tertiary/aromatic N) is 2. The number of para-hydroxylation sites is 1. The highest BCUT2D eigenvalue weighted by Crippen LogP contribution is 2.22. The zero-order chi connectivity index (χ0) is 23.6. The summed E-state index contributed by atoms with van der Waals surface area (Å²) in [7, 11) is 0. The van der Waals surface area contributed by atoms with Crippen molar-refractivity contribution in [1.82, 2.24) is 20.5 Å². The van der Waals surface area contributed by atoms with Crippen LogP contribution < -0.4 is 20.7 Å². The fraction of sp³-hybridized carbons (Fsp3) is 0.320. The highest BCUT2D eigenvalue weighted by molar-refractivity contribution is 7.07. The number of amides is 3. The van der Waals surface area contributed by atoms with E-state index in [2.05, 4.69) is 25.8 Å². The van der Waals surface area contributed by atoms with Crippen molar-refractivity contribution in [3.05, 3.63) is 71.2 Å². The lowest BCUT2D eigenvalue weighted by Crippen LogP contribution is -2.50. The molecular formula is C25H29N5O3S. The monoisotopic (exact) mass is 479 g/mol. The highest BCUT2D eigenvalue weighted by atomic mass is 32.1. The lowest BCUT2D eigenvalue weighted by Gasteiger charge is -2.20. The Kier molecular flexibility index (Phi) is 8.48. The largest absolute Gasteiger partial charge is 0.457 e. The van der Waals surface area contributed by atoms with Crippen LogP contribution in [0.15, 0.2) is 65.5 Å². The normalized spacial score (nSPS) is 14.4. The molecule has 2 aromatic carbocycles. The van der Waals surface area contributed by atoms with Gasteiger partial charge in [0.15, 0.2) is 0 Å². The van der Waals surface area contributed by atoms with Gasteiger partial charge in [-0.1, -0.05) is 18.2 Å². The van der Waals surface area contributed by atoms with Gasteiger partial charge in [-0.15, -0.1) is 11.3 Å². The maximum atomic E-state index is 12.8. The van der Waals surface area contributed by atoms with Crippen LogP contribution in [0.25, 0.3) is 0 Å². The summed E-state index contributed by atoms with van der Waals surface area (Å²) >= 11 is 1.46. The second-order valence-electron chi connectivity index (χ2n) is 8.11. The highest BCUT2D eigenvalue weighted by Gasteiger charge is 2.22. The molecule has 3 aromatic rings. The number of hydrogen-bond donors (Lipinski definition) is 3. The van der Waals surface area contributed by atoms with E-state index in [1.807, 2.05) is 35.7 Å². The average molecular weight is 480 g/mol. The first-order valence-corrected chi connectivity index (χ1v) is 12.4. The standard InChI is InChI=1S/C25H29N5O3S/c31-24(26-12-15-30-13-4-5-14-30)23(16-20-17-34-18-27-20)29-25(32)28-19-8-10-22(11-9-19)33-21-6-2-1-3-7-21/h1-3,6-11,17-18,23H,4-5,12-16H2,(H,26,31)(H2,28,29,32)/t23-/m0/s1. The zero-order valence-electron chi connectivity index (χ0n) is 18.9. The Morgan fingerprint density at radius 2 is 1.76 bits per heavy atom. The fourth-order valence-electron chi connectivity index (χ4n) is 3.78. The molecule has 3 amide bonds. The zero-order valence-corrected chi connectivity index (χ0v) is 19.7. The van der Waals surface area contributed by atoms with Crippen LogP contribution in [0, 0.1) is 0 Å². The maximum Gasteiger partial charge on any atom is 0.319 e. The van der Waals surface area contributed by atoms with Crippen molar-refractivity contribution in [2.75, 3.05) is 31.5 Å². The second-order valence-corrected chi connectivity index (χ2v) is 8.83. The summed E-state index contributed by atoms with van der Waals surface area (Å²) < 4.78 is 5.78. The number of thiazole rings is 1. The predicted molar refractivity (Wildman–Crippen MR) is 133 cm³/mol. The molecule has 3 N–H and O–H groups in total. The van der Waals surface area contributed by atoms with E-state index in [4.69, 9.17) is 4.74 Å². The molecule has 8 nitrogen and oxygen atoms in total. The van der Waals surface area contributed by atoms with Crippen LogP contribution >= 0.6 is 11.3 Å². The summed E-state index contributed by atoms with van der Waals surface area (Å²) in [4.78, 5) is 32.1. The third-order valence-corrected chi connectivity index (χ3v) is 6.17. The van der Waals surface area contributed by atoms with Gasteiger partial charge in [0.05, 0.1) is 11.2 Å². The number of urea groups is 1. The molecular weight excluding hydrogens is 450 g/mol.